The van der Waals surface area contributed by atoms with E-state index in [1.807, 2.05) is 24.3 Å². The molecule has 6 heteroatoms. The largest absolute Gasteiger partial charge is 0.399 e. The molecule has 1 aromatic carbocycles. The van der Waals surface area contributed by atoms with Crippen LogP contribution in [0.5, 0.6) is 0 Å². The van der Waals surface area contributed by atoms with Gasteiger partial charge in [-0.25, -0.2) is 0 Å². The molecule has 1 amide bonds. The summed E-state index contributed by atoms with van der Waals surface area (Å²) in [5.41, 5.74) is 9.39. The first-order valence-electron chi connectivity index (χ1n) is 6.72. The molecule has 0 saturated carbocycles. The Labute approximate surface area is 123 Å². The van der Waals surface area contributed by atoms with Crippen molar-refractivity contribution in [3.8, 4) is 0 Å². The third-order valence-electron chi connectivity index (χ3n) is 3.55. The number of nitrogens with zero attached hydrogens (tertiary/aromatic N) is 4. The van der Waals surface area contributed by atoms with Gasteiger partial charge in [0.1, 0.15) is 0 Å². The fourth-order valence-electron chi connectivity index (χ4n) is 2.41. The second-order valence-electron chi connectivity index (χ2n) is 5.36. The van der Waals surface area contributed by atoms with Gasteiger partial charge in [-0.3, -0.25) is 4.79 Å². The minimum Gasteiger partial charge on any atom is -0.399 e. The molecule has 0 bridgehead atoms. The topological polar surface area (TPSA) is 75.4 Å². The Hall–Kier alpha value is -2.63. The van der Waals surface area contributed by atoms with E-state index in [-0.39, 0.29) is 5.91 Å². The van der Waals surface area contributed by atoms with Gasteiger partial charge in [-0.2, -0.15) is 0 Å². The highest BCUT2D eigenvalue weighted by Crippen LogP contribution is 2.27. The standard InChI is InChI=1S/C15H17N5O/c1-19(2)15(21)13-5-6-14(18-17-13)20-8-10-3-4-12(16)7-11(10)9-20/h3-7H,8-9,16H2,1-2H3. The molecule has 2 aromatic rings. The number of anilines is 2. The van der Waals surface area contributed by atoms with Gasteiger partial charge in [0, 0.05) is 32.9 Å². The van der Waals surface area contributed by atoms with Gasteiger partial charge in [0.2, 0.25) is 0 Å². The number of hydrogen-bond acceptors (Lipinski definition) is 5. The number of benzene rings is 1. The lowest BCUT2D eigenvalue weighted by Crippen LogP contribution is -2.24. The molecule has 0 aliphatic carbocycles. The number of aromatic nitrogens is 2. The Morgan fingerprint density at radius 1 is 1.14 bits per heavy atom. The molecule has 2 heterocycles. The minimum absolute atomic E-state index is 0.147. The summed E-state index contributed by atoms with van der Waals surface area (Å²) in [4.78, 5) is 15.4. The number of carbonyl (C=O) groups is 1. The van der Waals surface area contributed by atoms with Crippen LogP contribution < -0.4 is 10.6 Å². The van der Waals surface area contributed by atoms with Crippen LogP contribution in [0.1, 0.15) is 21.6 Å². The zero-order valence-corrected chi connectivity index (χ0v) is 12.1. The van der Waals surface area contributed by atoms with Gasteiger partial charge in [0.15, 0.2) is 11.5 Å². The van der Waals surface area contributed by atoms with Crippen LogP contribution in [-0.2, 0) is 13.1 Å². The van der Waals surface area contributed by atoms with E-state index in [9.17, 15) is 4.79 Å². The molecule has 0 saturated heterocycles. The van der Waals surface area contributed by atoms with Crippen molar-refractivity contribution < 1.29 is 4.79 Å². The maximum Gasteiger partial charge on any atom is 0.273 e. The summed E-state index contributed by atoms with van der Waals surface area (Å²) in [7, 11) is 3.39. The van der Waals surface area contributed by atoms with E-state index in [2.05, 4.69) is 15.1 Å². The molecule has 3 rings (SSSR count). The number of nitrogen functional groups attached to an aromatic ring is 1. The predicted octanol–water partition coefficient (Wildman–Crippen LogP) is 1.28. The third kappa shape index (κ3) is 2.52. The van der Waals surface area contributed by atoms with E-state index in [4.69, 9.17) is 5.73 Å². The van der Waals surface area contributed by atoms with E-state index in [0.717, 1.165) is 24.6 Å². The smallest absolute Gasteiger partial charge is 0.273 e. The number of nitrogens with two attached hydrogens (primary N) is 1. The maximum absolute atomic E-state index is 11.8. The van der Waals surface area contributed by atoms with E-state index < -0.39 is 0 Å². The average Bonchev–Trinajstić information content (AvgIpc) is 2.89. The number of fused-ring (bicyclic) bond motifs is 1. The Morgan fingerprint density at radius 2 is 1.90 bits per heavy atom. The first kappa shape index (κ1) is 13.4. The van der Waals surface area contributed by atoms with Crippen molar-refractivity contribution in [3.63, 3.8) is 0 Å². The maximum atomic E-state index is 11.8. The summed E-state index contributed by atoms with van der Waals surface area (Å²) in [5.74, 6) is 0.617. The zero-order valence-electron chi connectivity index (χ0n) is 12.1. The van der Waals surface area contributed by atoms with Gasteiger partial charge in [0.25, 0.3) is 5.91 Å². The molecular formula is C15H17N5O. The second kappa shape index (κ2) is 5.05. The summed E-state index contributed by atoms with van der Waals surface area (Å²) >= 11 is 0. The molecule has 0 atom stereocenters. The molecule has 108 valence electrons. The summed E-state index contributed by atoms with van der Waals surface area (Å²) in [6, 6.07) is 9.49. The summed E-state index contributed by atoms with van der Waals surface area (Å²) in [6.45, 7) is 1.54. The van der Waals surface area contributed by atoms with Gasteiger partial charge in [-0.1, -0.05) is 6.07 Å². The number of rotatable bonds is 2. The van der Waals surface area contributed by atoms with Crippen molar-refractivity contribution in [2.75, 3.05) is 24.7 Å². The van der Waals surface area contributed by atoms with Crippen LogP contribution in [0.2, 0.25) is 0 Å². The van der Waals surface area contributed by atoms with Crippen LogP contribution in [0.25, 0.3) is 0 Å². The van der Waals surface area contributed by atoms with E-state index in [1.54, 1.807) is 20.2 Å². The zero-order chi connectivity index (χ0) is 15.0. The van der Waals surface area contributed by atoms with Crippen molar-refractivity contribution in [1.29, 1.82) is 0 Å². The molecule has 21 heavy (non-hydrogen) atoms. The quantitative estimate of drug-likeness (QED) is 0.840. The van der Waals surface area contributed by atoms with Crippen LogP contribution in [0.4, 0.5) is 11.5 Å². The van der Waals surface area contributed by atoms with E-state index in [0.29, 0.717) is 5.69 Å². The minimum atomic E-state index is -0.147. The molecule has 1 aliphatic heterocycles. The molecular weight excluding hydrogens is 266 g/mol. The predicted molar refractivity (Wildman–Crippen MR) is 80.8 cm³/mol. The fraction of sp³-hybridized carbons (Fsp3) is 0.267. The normalized spacial score (nSPS) is 13.1. The number of carbonyl (C=O) groups excluding carboxylic acids is 1. The van der Waals surface area contributed by atoms with Crippen LogP contribution in [0, 0.1) is 0 Å². The van der Waals surface area contributed by atoms with Gasteiger partial charge in [-0.15, -0.1) is 10.2 Å². The highest BCUT2D eigenvalue weighted by Gasteiger charge is 2.21. The lowest BCUT2D eigenvalue weighted by Gasteiger charge is -2.16. The molecule has 0 radical (unpaired) electrons. The van der Waals surface area contributed by atoms with Crippen LogP contribution in [0.3, 0.4) is 0 Å². The number of amides is 1. The van der Waals surface area contributed by atoms with Crippen molar-refractivity contribution in [1.82, 2.24) is 15.1 Å². The summed E-state index contributed by atoms with van der Waals surface area (Å²) < 4.78 is 0. The first-order chi connectivity index (χ1) is 10.0. The summed E-state index contributed by atoms with van der Waals surface area (Å²) in [6.07, 6.45) is 0. The van der Waals surface area contributed by atoms with E-state index in [1.165, 1.54) is 16.0 Å². The molecule has 1 aromatic heterocycles. The Kier molecular flexibility index (Phi) is 3.21. The van der Waals surface area contributed by atoms with Crippen molar-refractivity contribution in [3.05, 3.63) is 47.2 Å². The summed E-state index contributed by atoms with van der Waals surface area (Å²) in [5, 5.41) is 8.18. The van der Waals surface area contributed by atoms with E-state index >= 15 is 0 Å². The van der Waals surface area contributed by atoms with Crippen molar-refractivity contribution >= 4 is 17.4 Å². The molecule has 1 aliphatic rings. The monoisotopic (exact) mass is 283 g/mol. The van der Waals surface area contributed by atoms with Crippen LogP contribution in [0.15, 0.2) is 30.3 Å². The number of hydrogen-bond donors (Lipinski definition) is 1. The lowest BCUT2D eigenvalue weighted by atomic mass is 10.1. The van der Waals surface area contributed by atoms with Gasteiger partial charge in [0.05, 0.1) is 0 Å². The molecule has 2 N–H and O–H groups in total. The van der Waals surface area contributed by atoms with Crippen LogP contribution >= 0.6 is 0 Å². The Morgan fingerprint density at radius 3 is 2.57 bits per heavy atom. The van der Waals surface area contributed by atoms with Crippen molar-refractivity contribution in [2.24, 2.45) is 0 Å². The SMILES string of the molecule is CN(C)C(=O)c1ccc(N2Cc3ccc(N)cc3C2)nn1. The Bertz CT molecular complexity index is 681. The van der Waals surface area contributed by atoms with Crippen molar-refractivity contribution in [2.45, 2.75) is 13.1 Å². The molecule has 0 unspecified atom stereocenters. The third-order valence-corrected chi connectivity index (χ3v) is 3.55. The van der Waals surface area contributed by atoms with Gasteiger partial charge < -0.3 is 15.5 Å². The molecule has 0 fully saturated rings. The fourth-order valence-corrected chi connectivity index (χ4v) is 2.41. The van der Waals surface area contributed by atoms with Gasteiger partial charge in [-0.05, 0) is 35.4 Å². The van der Waals surface area contributed by atoms with Gasteiger partial charge >= 0.3 is 0 Å². The second-order valence-corrected chi connectivity index (χ2v) is 5.36. The molecule has 6 nitrogen and oxygen atoms in total. The highest BCUT2D eigenvalue weighted by molar-refractivity contribution is 5.91. The lowest BCUT2D eigenvalue weighted by molar-refractivity contribution is 0.0821. The first-order valence-corrected chi connectivity index (χ1v) is 6.72. The highest BCUT2D eigenvalue weighted by atomic mass is 16.2. The molecule has 0 spiro atoms. The average molecular weight is 283 g/mol. The Balaban J connectivity index is 1.79. The van der Waals surface area contributed by atoms with Crippen LogP contribution in [-0.4, -0.2) is 35.1 Å².